The van der Waals surface area contributed by atoms with Gasteiger partial charge in [-0.2, -0.15) is 0 Å². The van der Waals surface area contributed by atoms with Gasteiger partial charge >= 0.3 is 0 Å². The van der Waals surface area contributed by atoms with E-state index in [2.05, 4.69) is 15.3 Å². The monoisotopic (exact) mass is 349 g/mol. The van der Waals surface area contributed by atoms with Gasteiger partial charge in [-0.3, -0.25) is 0 Å². The van der Waals surface area contributed by atoms with Gasteiger partial charge in [0.2, 0.25) is 5.75 Å². The van der Waals surface area contributed by atoms with Crippen LogP contribution in [0.25, 0.3) is 10.9 Å². The van der Waals surface area contributed by atoms with E-state index in [1.54, 1.807) is 21.3 Å². The third kappa shape index (κ3) is 4.42. The highest BCUT2D eigenvalue weighted by Gasteiger charge is 2.20. The molecule has 7 heteroatoms. The standard InChI is InChI=1S/C18H27N3O4/c1-12-20-15-13(11-14(23-2)16(24-3)17(15)25-4)18(21-12)19-9-7-5-6-8-10-22/h11,22H,5-10H2,1-4H3,(H,19,20,21). The molecule has 2 rings (SSSR count). The van der Waals surface area contributed by atoms with Crippen molar-refractivity contribution >= 4 is 16.7 Å². The number of methoxy groups -OCH3 is 3. The number of hydrogen-bond acceptors (Lipinski definition) is 7. The molecule has 0 bridgehead atoms. The van der Waals surface area contributed by atoms with Crippen LogP contribution in [0.1, 0.15) is 31.5 Å². The lowest BCUT2D eigenvalue weighted by atomic mass is 10.1. The highest BCUT2D eigenvalue weighted by molar-refractivity contribution is 5.96. The second-order valence-electron chi connectivity index (χ2n) is 5.73. The van der Waals surface area contributed by atoms with E-state index in [9.17, 15) is 0 Å². The number of aromatic nitrogens is 2. The van der Waals surface area contributed by atoms with Crippen molar-refractivity contribution in [3.05, 3.63) is 11.9 Å². The molecule has 2 N–H and O–H groups in total. The molecule has 0 radical (unpaired) electrons. The van der Waals surface area contributed by atoms with Gasteiger partial charge in [0, 0.05) is 13.2 Å². The summed E-state index contributed by atoms with van der Waals surface area (Å²) in [5, 5.41) is 13.0. The first kappa shape index (κ1) is 19.1. The van der Waals surface area contributed by atoms with E-state index < -0.39 is 0 Å². The number of aliphatic hydroxyl groups is 1. The first-order chi connectivity index (χ1) is 12.2. The highest BCUT2D eigenvalue weighted by atomic mass is 16.5. The molecular formula is C18H27N3O4. The van der Waals surface area contributed by atoms with Crippen LogP contribution in [-0.4, -0.2) is 49.6 Å². The second kappa shape index (κ2) is 9.27. The van der Waals surface area contributed by atoms with Crippen molar-refractivity contribution in [2.24, 2.45) is 0 Å². The molecule has 0 aliphatic heterocycles. The number of ether oxygens (including phenoxy) is 3. The summed E-state index contributed by atoms with van der Waals surface area (Å²) in [4.78, 5) is 9.05. The fourth-order valence-corrected chi connectivity index (χ4v) is 2.77. The zero-order chi connectivity index (χ0) is 18.2. The fraction of sp³-hybridized carbons (Fsp3) is 0.556. The molecule has 0 unspecified atom stereocenters. The van der Waals surface area contributed by atoms with Crippen molar-refractivity contribution in [2.75, 3.05) is 39.8 Å². The largest absolute Gasteiger partial charge is 0.493 e. The molecule has 0 aliphatic rings. The number of aryl methyl sites for hydroxylation is 1. The number of rotatable bonds is 10. The predicted molar refractivity (Wildman–Crippen MR) is 98.0 cm³/mol. The topological polar surface area (TPSA) is 85.7 Å². The van der Waals surface area contributed by atoms with Crippen LogP contribution in [0.5, 0.6) is 17.2 Å². The van der Waals surface area contributed by atoms with Crippen LogP contribution in [0.15, 0.2) is 6.07 Å². The third-order valence-corrected chi connectivity index (χ3v) is 3.98. The van der Waals surface area contributed by atoms with Crippen LogP contribution in [0, 0.1) is 6.92 Å². The smallest absolute Gasteiger partial charge is 0.205 e. The van der Waals surface area contributed by atoms with Gasteiger partial charge in [0.05, 0.1) is 26.7 Å². The molecule has 0 amide bonds. The molecule has 2 aromatic rings. The number of nitrogens with zero attached hydrogens (tertiary/aromatic N) is 2. The van der Waals surface area contributed by atoms with E-state index in [-0.39, 0.29) is 6.61 Å². The molecule has 7 nitrogen and oxygen atoms in total. The van der Waals surface area contributed by atoms with Gasteiger partial charge in [-0.05, 0) is 25.8 Å². The molecule has 0 spiro atoms. The van der Waals surface area contributed by atoms with E-state index >= 15 is 0 Å². The van der Waals surface area contributed by atoms with Crippen molar-refractivity contribution in [1.82, 2.24) is 9.97 Å². The summed E-state index contributed by atoms with van der Waals surface area (Å²) in [6, 6.07) is 1.87. The molecule has 0 saturated heterocycles. The maximum Gasteiger partial charge on any atom is 0.205 e. The second-order valence-corrected chi connectivity index (χ2v) is 5.73. The minimum absolute atomic E-state index is 0.255. The number of aliphatic hydroxyl groups excluding tert-OH is 1. The molecule has 25 heavy (non-hydrogen) atoms. The minimum atomic E-state index is 0.255. The summed E-state index contributed by atoms with van der Waals surface area (Å²) in [5.74, 6) is 3.04. The van der Waals surface area contributed by atoms with E-state index in [1.165, 1.54) is 0 Å². The summed E-state index contributed by atoms with van der Waals surface area (Å²) >= 11 is 0. The van der Waals surface area contributed by atoms with Crippen molar-refractivity contribution in [3.63, 3.8) is 0 Å². The molecule has 0 aliphatic carbocycles. The van der Waals surface area contributed by atoms with Gasteiger partial charge < -0.3 is 24.6 Å². The van der Waals surface area contributed by atoms with Crippen LogP contribution in [0.4, 0.5) is 5.82 Å². The fourth-order valence-electron chi connectivity index (χ4n) is 2.77. The number of unbranched alkanes of at least 4 members (excludes halogenated alkanes) is 3. The van der Waals surface area contributed by atoms with Crippen LogP contribution in [-0.2, 0) is 0 Å². The van der Waals surface area contributed by atoms with Gasteiger partial charge in [0.1, 0.15) is 17.2 Å². The summed E-state index contributed by atoms with van der Waals surface area (Å²) < 4.78 is 16.4. The zero-order valence-corrected chi connectivity index (χ0v) is 15.4. The minimum Gasteiger partial charge on any atom is -0.493 e. The SMILES string of the molecule is COc1cc2c(NCCCCCCO)nc(C)nc2c(OC)c1OC. The Morgan fingerprint density at radius 1 is 0.960 bits per heavy atom. The first-order valence-corrected chi connectivity index (χ1v) is 8.48. The maximum absolute atomic E-state index is 8.82. The lowest BCUT2D eigenvalue weighted by Crippen LogP contribution is -2.07. The van der Waals surface area contributed by atoms with Crippen LogP contribution >= 0.6 is 0 Å². The number of nitrogens with one attached hydrogen (secondary N) is 1. The zero-order valence-electron chi connectivity index (χ0n) is 15.4. The lowest BCUT2D eigenvalue weighted by Gasteiger charge is -2.16. The molecule has 138 valence electrons. The Hall–Kier alpha value is -2.28. The van der Waals surface area contributed by atoms with Crippen molar-refractivity contribution < 1.29 is 19.3 Å². The molecule has 1 aromatic heterocycles. The summed E-state index contributed by atoms with van der Waals surface area (Å²) in [6.07, 6.45) is 3.95. The first-order valence-electron chi connectivity index (χ1n) is 8.48. The van der Waals surface area contributed by atoms with Crippen molar-refractivity contribution in [1.29, 1.82) is 0 Å². The molecule has 1 heterocycles. The lowest BCUT2D eigenvalue weighted by molar-refractivity contribution is 0.283. The highest BCUT2D eigenvalue weighted by Crippen LogP contribution is 2.44. The van der Waals surface area contributed by atoms with E-state index in [0.717, 1.165) is 43.4 Å². The van der Waals surface area contributed by atoms with E-state index in [4.69, 9.17) is 19.3 Å². The molecule has 1 aromatic carbocycles. The van der Waals surface area contributed by atoms with E-state index in [0.29, 0.717) is 28.6 Å². The predicted octanol–water partition coefficient (Wildman–Crippen LogP) is 2.93. The Morgan fingerprint density at radius 2 is 1.68 bits per heavy atom. The van der Waals surface area contributed by atoms with E-state index in [1.807, 2.05) is 13.0 Å². The van der Waals surface area contributed by atoms with Crippen LogP contribution < -0.4 is 19.5 Å². The van der Waals surface area contributed by atoms with Gasteiger partial charge in [0.15, 0.2) is 11.5 Å². The average Bonchev–Trinajstić information content (AvgIpc) is 2.62. The third-order valence-electron chi connectivity index (χ3n) is 3.98. The van der Waals surface area contributed by atoms with Crippen LogP contribution in [0.3, 0.4) is 0 Å². The number of anilines is 1. The summed E-state index contributed by atoms with van der Waals surface area (Å²) in [5.41, 5.74) is 0.690. The maximum atomic E-state index is 8.82. The van der Waals surface area contributed by atoms with Crippen molar-refractivity contribution in [3.8, 4) is 17.2 Å². The number of hydrogen-bond donors (Lipinski definition) is 2. The normalized spacial score (nSPS) is 10.8. The Morgan fingerprint density at radius 3 is 2.32 bits per heavy atom. The average molecular weight is 349 g/mol. The van der Waals surface area contributed by atoms with Gasteiger partial charge in [0.25, 0.3) is 0 Å². The Bertz CT molecular complexity index is 707. The van der Waals surface area contributed by atoms with Gasteiger partial charge in [-0.15, -0.1) is 0 Å². The Kier molecular flexibility index (Phi) is 7.06. The Labute approximate surface area is 148 Å². The number of fused-ring (bicyclic) bond motifs is 1. The molecule has 0 saturated carbocycles. The summed E-state index contributed by atoms with van der Waals surface area (Å²) in [6.45, 7) is 2.90. The molecule has 0 fully saturated rings. The van der Waals surface area contributed by atoms with Gasteiger partial charge in [-0.25, -0.2) is 9.97 Å². The Balaban J connectivity index is 2.33. The number of benzene rings is 1. The quantitative estimate of drug-likeness (QED) is 0.638. The van der Waals surface area contributed by atoms with Crippen LogP contribution in [0.2, 0.25) is 0 Å². The summed E-state index contributed by atoms with van der Waals surface area (Å²) in [7, 11) is 4.75. The molecular weight excluding hydrogens is 322 g/mol. The van der Waals surface area contributed by atoms with Gasteiger partial charge in [-0.1, -0.05) is 12.8 Å². The van der Waals surface area contributed by atoms with Crippen molar-refractivity contribution in [2.45, 2.75) is 32.6 Å². The molecule has 0 atom stereocenters.